The van der Waals surface area contributed by atoms with Crippen molar-refractivity contribution in [1.29, 1.82) is 0 Å². The molecule has 10 heteroatoms. The van der Waals surface area contributed by atoms with Crippen molar-refractivity contribution >= 4 is 11.6 Å². The van der Waals surface area contributed by atoms with Crippen LogP contribution in [0.4, 0.5) is 0 Å². The summed E-state index contributed by atoms with van der Waals surface area (Å²) < 4.78 is 0. The van der Waals surface area contributed by atoms with Crippen molar-refractivity contribution in [2.45, 2.75) is 119 Å². The first kappa shape index (κ1) is 39.3. The van der Waals surface area contributed by atoms with Crippen molar-refractivity contribution in [1.82, 2.24) is 25.4 Å². The van der Waals surface area contributed by atoms with Crippen molar-refractivity contribution in [3.05, 3.63) is 80.2 Å². The second-order valence-corrected chi connectivity index (χ2v) is 13.4. The number of hydrogen-bond acceptors (Lipinski definition) is 8. The van der Waals surface area contributed by atoms with E-state index in [-0.39, 0.29) is 60.7 Å². The van der Waals surface area contributed by atoms with E-state index < -0.39 is 6.04 Å². The van der Waals surface area contributed by atoms with Gasteiger partial charge in [-0.2, -0.15) is 0 Å². The van der Waals surface area contributed by atoms with E-state index in [9.17, 15) is 9.59 Å². The van der Waals surface area contributed by atoms with Crippen molar-refractivity contribution in [3.8, 4) is 0 Å². The molecule has 2 aromatic rings. The molecule has 1 fully saturated rings. The Hall–Kier alpha value is -3.86. The summed E-state index contributed by atoms with van der Waals surface area (Å²) in [6.45, 7) is 30.8. The van der Waals surface area contributed by atoms with E-state index in [2.05, 4.69) is 38.5 Å². The molecule has 6 rings (SSSR count). The monoisotopic (exact) mass is 643 g/mol. The van der Waals surface area contributed by atoms with E-state index in [1.54, 1.807) is 5.48 Å². The molecule has 4 aliphatic rings. The Morgan fingerprint density at radius 1 is 0.851 bits per heavy atom. The van der Waals surface area contributed by atoms with Gasteiger partial charge in [0.2, 0.25) is 11.5 Å². The van der Waals surface area contributed by atoms with Crippen LogP contribution in [0.25, 0.3) is 9.69 Å². The number of carbonyl (C=O) groups excluding carboxylic acids is 2. The number of aryl methyl sites for hydroxylation is 4. The first-order chi connectivity index (χ1) is 21.2. The third kappa shape index (κ3) is 6.77. The zero-order valence-electron chi connectivity index (χ0n) is 27.9. The normalized spacial score (nSPS) is 29.8. The lowest BCUT2D eigenvalue weighted by Gasteiger charge is -2.47. The van der Waals surface area contributed by atoms with Gasteiger partial charge in [0.05, 0.1) is 18.0 Å². The summed E-state index contributed by atoms with van der Waals surface area (Å²) >= 11 is 0. The zero-order valence-corrected chi connectivity index (χ0v) is 27.9. The van der Waals surface area contributed by atoms with Gasteiger partial charge in [-0.05, 0) is 76.3 Å². The number of hydrogen-bond donors (Lipinski definition) is 2. The van der Waals surface area contributed by atoms with E-state index in [1.807, 2.05) is 47.6 Å². The van der Waals surface area contributed by atoms with Gasteiger partial charge in [0.1, 0.15) is 11.6 Å². The molecule has 47 heavy (non-hydrogen) atoms. The largest absolute Gasteiger partial charge is 0.317 e. The smallest absolute Gasteiger partial charge is 0.282 e. The van der Waals surface area contributed by atoms with Crippen LogP contribution < -0.4 is 5.48 Å². The van der Waals surface area contributed by atoms with Crippen molar-refractivity contribution in [2.75, 3.05) is 7.05 Å². The number of ketones is 2. The summed E-state index contributed by atoms with van der Waals surface area (Å²) in [4.78, 5) is 50.1. The van der Waals surface area contributed by atoms with Gasteiger partial charge in [-0.1, -0.05) is 48.6 Å². The van der Waals surface area contributed by atoms with Gasteiger partial charge in [-0.3, -0.25) is 4.79 Å². The van der Waals surface area contributed by atoms with Crippen LogP contribution in [0.2, 0.25) is 0 Å². The zero-order chi connectivity index (χ0) is 33.4. The summed E-state index contributed by atoms with van der Waals surface area (Å²) in [5.74, 6) is 2.00. The minimum Gasteiger partial charge on any atom is -0.317 e. The minimum absolute atomic E-state index is 0. The molecule has 1 saturated carbocycles. The first-order valence-electron chi connectivity index (χ1n) is 15.7. The predicted octanol–water partition coefficient (Wildman–Crippen LogP) is 6.61. The Kier molecular flexibility index (Phi) is 12.5. The third-order valence-corrected chi connectivity index (χ3v) is 10.7. The average Bonchev–Trinajstić information content (AvgIpc) is 2.98. The van der Waals surface area contributed by atoms with Gasteiger partial charge in [-0.25, -0.2) is 36.8 Å². The van der Waals surface area contributed by atoms with Crippen LogP contribution >= 0.6 is 0 Å². The molecule has 254 valence electrons. The molecule has 0 aromatic carbocycles. The summed E-state index contributed by atoms with van der Waals surface area (Å²) in [6, 6.07) is -0.511. The maximum Gasteiger partial charge on any atom is 0.282 e. The molecule has 2 aromatic heterocycles. The van der Waals surface area contributed by atoms with E-state index in [4.69, 9.17) is 23.3 Å². The SMILES string of the molecule is C.C.CNO.[C-]#[N+]C1=C[C@]2(C)c3nc(C)nc(C)c3CC[C@H]2[C@H](C)C1=O.[C-]#[N+]C1C[C@]2(C)c3nc(C)nc(C)c3CC[C@H]2[C@H](C)C1=O. The van der Waals surface area contributed by atoms with Crippen LogP contribution in [-0.2, 0) is 33.3 Å². The highest BCUT2D eigenvalue weighted by molar-refractivity contribution is 6.00. The van der Waals surface area contributed by atoms with Crippen molar-refractivity contribution in [3.63, 3.8) is 0 Å². The number of allylic oxidation sites excluding steroid dienone is 2. The molecule has 2 N–H and O–H groups in total. The van der Waals surface area contributed by atoms with Crippen LogP contribution in [-0.4, -0.2) is 49.8 Å². The van der Waals surface area contributed by atoms with Crippen LogP contribution in [0.3, 0.4) is 0 Å². The minimum atomic E-state index is -0.511. The summed E-state index contributed by atoms with van der Waals surface area (Å²) in [5.41, 5.74) is 8.14. The lowest BCUT2D eigenvalue weighted by atomic mass is 9.55. The molecule has 0 aliphatic heterocycles. The quantitative estimate of drug-likeness (QED) is 0.243. The highest BCUT2D eigenvalue weighted by Gasteiger charge is 2.55. The topological polar surface area (TPSA) is 127 Å². The highest BCUT2D eigenvalue weighted by atomic mass is 16.5. The fourth-order valence-electron chi connectivity index (χ4n) is 8.52. The molecule has 0 saturated heterocycles. The van der Waals surface area contributed by atoms with Crippen molar-refractivity contribution < 1.29 is 14.8 Å². The molecule has 4 aliphatic carbocycles. The number of rotatable bonds is 0. The Morgan fingerprint density at radius 3 is 1.85 bits per heavy atom. The van der Waals surface area contributed by atoms with Crippen LogP contribution in [0.15, 0.2) is 11.8 Å². The van der Waals surface area contributed by atoms with E-state index in [0.717, 1.165) is 60.1 Å². The lowest BCUT2D eigenvalue weighted by Crippen LogP contribution is -2.52. The fraction of sp³-hybridized carbons (Fsp3) is 0.622. The summed E-state index contributed by atoms with van der Waals surface area (Å²) in [6.07, 6.45) is 6.27. The van der Waals surface area contributed by atoms with Gasteiger partial charge in [0.15, 0.2) is 5.78 Å². The number of aromatic nitrogens is 4. The molecule has 2 heterocycles. The number of Topliss-reactive ketones (excluding diaryl/α,β-unsaturated/α-hetero) is 2. The highest BCUT2D eigenvalue weighted by Crippen LogP contribution is 2.52. The van der Waals surface area contributed by atoms with Gasteiger partial charge in [-0.15, -0.1) is 0 Å². The first-order valence-corrected chi connectivity index (χ1v) is 15.7. The van der Waals surface area contributed by atoms with Gasteiger partial charge in [0.25, 0.3) is 6.04 Å². The number of nitrogens with one attached hydrogen (secondary N) is 1. The second-order valence-electron chi connectivity index (χ2n) is 13.4. The Labute approximate surface area is 281 Å². The fourth-order valence-corrected chi connectivity index (χ4v) is 8.52. The standard InChI is InChI=1S/C17H21N3O.C17H19N3O.CH5NO.2CH4/c2*1-9-13-7-6-12-10(2)19-11(3)20-16(12)17(13,4)8-14(18-5)15(9)21;1-2-3;;/h9,13-14H,6-8H2,1-4H3;8-9,13H,6-7H2,1-4H3;2-3H,1H3;2*1H4/t9-,13-,14?,17-;9-,13-,17-;;;/m00.../s1. The Bertz CT molecular complexity index is 1640. The molecule has 1 unspecified atom stereocenters. The molecule has 0 spiro atoms. The predicted molar refractivity (Wildman–Crippen MR) is 184 cm³/mol. The van der Waals surface area contributed by atoms with Gasteiger partial charge in [0, 0.05) is 47.5 Å². The van der Waals surface area contributed by atoms with Crippen LogP contribution in [0.1, 0.15) is 107 Å². The van der Waals surface area contributed by atoms with Crippen LogP contribution in [0.5, 0.6) is 0 Å². The number of carbonyl (C=O) groups is 2. The summed E-state index contributed by atoms with van der Waals surface area (Å²) in [5, 5.41) is 7.32. The average molecular weight is 644 g/mol. The van der Waals surface area contributed by atoms with E-state index in [0.29, 0.717) is 12.3 Å². The molecule has 7 atom stereocenters. The lowest BCUT2D eigenvalue weighted by molar-refractivity contribution is -0.129. The Morgan fingerprint density at radius 2 is 1.34 bits per heavy atom. The van der Waals surface area contributed by atoms with E-state index >= 15 is 0 Å². The molecule has 0 bridgehead atoms. The van der Waals surface area contributed by atoms with Gasteiger partial charge >= 0.3 is 0 Å². The second kappa shape index (κ2) is 14.9. The maximum absolute atomic E-state index is 12.4. The van der Waals surface area contributed by atoms with Crippen molar-refractivity contribution in [2.24, 2.45) is 23.7 Å². The molecular formula is C37H53N7O3. The number of nitrogens with zero attached hydrogens (tertiary/aromatic N) is 6. The number of hydroxylamine groups is 1. The van der Waals surface area contributed by atoms with Gasteiger partial charge < -0.3 is 14.8 Å². The summed E-state index contributed by atoms with van der Waals surface area (Å²) in [7, 11) is 1.43. The molecular weight excluding hydrogens is 590 g/mol. The van der Waals surface area contributed by atoms with E-state index in [1.165, 1.54) is 18.2 Å². The molecule has 10 nitrogen and oxygen atoms in total. The Balaban J connectivity index is 0.000000290. The number of fused-ring (bicyclic) bond motifs is 6. The third-order valence-electron chi connectivity index (χ3n) is 10.7. The van der Waals surface area contributed by atoms with Crippen LogP contribution in [0, 0.1) is 64.5 Å². The maximum atomic E-state index is 12.4. The molecule has 0 amide bonds. The molecule has 0 radical (unpaired) electrons.